The van der Waals surface area contributed by atoms with E-state index in [0.717, 1.165) is 49.5 Å². The molecule has 0 aromatic heterocycles. The van der Waals surface area contributed by atoms with E-state index in [0.29, 0.717) is 0 Å². The first-order chi connectivity index (χ1) is 12.6. The normalized spacial score (nSPS) is 15.7. The van der Waals surface area contributed by atoms with Crippen molar-refractivity contribution in [3.63, 3.8) is 0 Å². The van der Waals surface area contributed by atoms with Gasteiger partial charge in [0.1, 0.15) is 11.6 Å². The third kappa shape index (κ3) is 4.41. The number of carbonyl (C=O) groups excluding carboxylic acids is 1. The molecule has 1 saturated heterocycles. The minimum absolute atomic E-state index is 0.0511. The fourth-order valence-corrected chi connectivity index (χ4v) is 3.59. The van der Waals surface area contributed by atoms with E-state index in [-0.39, 0.29) is 17.8 Å². The summed E-state index contributed by atoms with van der Waals surface area (Å²) in [6.07, 6.45) is 1.83. The van der Waals surface area contributed by atoms with Crippen molar-refractivity contribution in [1.82, 2.24) is 4.90 Å². The molecule has 5 heteroatoms. The van der Waals surface area contributed by atoms with Crippen LogP contribution in [0.5, 0.6) is 5.75 Å². The van der Waals surface area contributed by atoms with Crippen LogP contribution in [0.3, 0.4) is 0 Å². The highest BCUT2D eigenvalue weighted by atomic mass is 19.1. The first-order valence-electron chi connectivity index (χ1n) is 8.97. The van der Waals surface area contributed by atoms with Crippen LogP contribution in [0.15, 0.2) is 48.5 Å². The molecule has 1 aliphatic heterocycles. The monoisotopic (exact) mass is 356 g/mol. The van der Waals surface area contributed by atoms with Gasteiger partial charge in [-0.15, -0.1) is 0 Å². The number of halogens is 1. The Kier molecular flexibility index (Phi) is 5.89. The molecule has 2 aromatic carbocycles. The molecule has 1 fully saturated rings. The lowest BCUT2D eigenvalue weighted by molar-refractivity contribution is -0.117. The summed E-state index contributed by atoms with van der Waals surface area (Å²) in [5.41, 5.74) is 2.00. The molecular formula is C21H25FN2O2. The Morgan fingerprint density at radius 3 is 2.50 bits per heavy atom. The van der Waals surface area contributed by atoms with Crippen molar-refractivity contribution in [2.75, 3.05) is 25.1 Å². The molecule has 2 aromatic rings. The standard InChI is InChI=1S/C21H25FN2O2/c1-16(25)24(20-4-3-5-21(14-20)26-2)19-10-12-23(13-11-19)15-17-6-8-18(22)9-7-17/h3-9,14,19H,10-13,15H2,1-2H3. The minimum atomic E-state index is -0.206. The summed E-state index contributed by atoms with van der Waals surface area (Å²) in [5, 5.41) is 0. The maximum atomic E-state index is 13.0. The van der Waals surface area contributed by atoms with Crippen molar-refractivity contribution in [1.29, 1.82) is 0 Å². The number of piperidine rings is 1. The summed E-state index contributed by atoms with van der Waals surface area (Å²) < 4.78 is 18.3. The average Bonchev–Trinajstić information content (AvgIpc) is 2.65. The van der Waals surface area contributed by atoms with Crippen LogP contribution in [0.2, 0.25) is 0 Å². The summed E-state index contributed by atoms with van der Waals surface area (Å²) >= 11 is 0. The summed E-state index contributed by atoms with van der Waals surface area (Å²) in [6, 6.07) is 14.5. The van der Waals surface area contributed by atoms with Crippen molar-refractivity contribution < 1.29 is 13.9 Å². The highest BCUT2D eigenvalue weighted by molar-refractivity contribution is 5.92. The van der Waals surface area contributed by atoms with Crippen molar-refractivity contribution in [3.8, 4) is 5.75 Å². The highest BCUT2D eigenvalue weighted by Crippen LogP contribution is 2.27. The molecule has 1 amide bonds. The molecule has 4 nitrogen and oxygen atoms in total. The fourth-order valence-electron chi connectivity index (χ4n) is 3.59. The fraction of sp³-hybridized carbons (Fsp3) is 0.381. The van der Waals surface area contributed by atoms with Crippen LogP contribution in [0.4, 0.5) is 10.1 Å². The molecule has 138 valence electrons. The first kappa shape index (κ1) is 18.4. The number of hydrogen-bond acceptors (Lipinski definition) is 3. The van der Waals surface area contributed by atoms with Gasteiger partial charge >= 0.3 is 0 Å². The number of carbonyl (C=O) groups is 1. The van der Waals surface area contributed by atoms with Gasteiger partial charge in [-0.2, -0.15) is 0 Å². The second-order valence-corrected chi connectivity index (χ2v) is 6.72. The van der Waals surface area contributed by atoms with E-state index in [4.69, 9.17) is 4.74 Å². The minimum Gasteiger partial charge on any atom is -0.497 e. The third-order valence-electron chi connectivity index (χ3n) is 4.91. The van der Waals surface area contributed by atoms with Crippen LogP contribution >= 0.6 is 0 Å². The van der Waals surface area contributed by atoms with Crippen molar-refractivity contribution in [2.45, 2.75) is 32.4 Å². The largest absolute Gasteiger partial charge is 0.497 e. The Hall–Kier alpha value is -2.40. The molecule has 0 radical (unpaired) electrons. The number of anilines is 1. The Labute approximate surface area is 154 Å². The van der Waals surface area contributed by atoms with Gasteiger partial charge in [0.2, 0.25) is 5.91 Å². The van der Waals surface area contributed by atoms with Gasteiger partial charge in [0, 0.05) is 44.4 Å². The Morgan fingerprint density at radius 2 is 1.88 bits per heavy atom. The van der Waals surface area contributed by atoms with E-state index >= 15 is 0 Å². The van der Waals surface area contributed by atoms with E-state index in [2.05, 4.69) is 4.90 Å². The van der Waals surface area contributed by atoms with Gasteiger partial charge in [-0.1, -0.05) is 18.2 Å². The average molecular weight is 356 g/mol. The zero-order valence-electron chi connectivity index (χ0n) is 15.3. The van der Waals surface area contributed by atoms with E-state index < -0.39 is 0 Å². The van der Waals surface area contributed by atoms with Gasteiger partial charge in [0.25, 0.3) is 0 Å². The number of ether oxygens (including phenoxy) is 1. The van der Waals surface area contributed by atoms with E-state index in [9.17, 15) is 9.18 Å². The SMILES string of the molecule is COc1cccc(N(C(C)=O)C2CCN(Cc3ccc(F)cc3)CC2)c1. The topological polar surface area (TPSA) is 32.8 Å². The van der Waals surface area contributed by atoms with E-state index in [1.807, 2.05) is 41.3 Å². The Bertz CT molecular complexity index is 740. The number of amides is 1. The van der Waals surface area contributed by atoms with Crippen LogP contribution in [0.25, 0.3) is 0 Å². The second-order valence-electron chi connectivity index (χ2n) is 6.72. The lowest BCUT2D eigenvalue weighted by atomic mass is 10.0. The van der Waals surface area contributed by atoms with Crippen molar-refractivity contribution in [3.05, 3.63) is 59.9 Å². The highest BCUT2D eigenvalue weighted by Gasteiger charge is 2.27. The van der Waals surface area contributed by atoms with E-state index in [1.165, 1.54) is 12.1 Å². The predicted octanol–water partition coefficient (Wildman–Crippen LogP) is 3.85. The van der Waals surface area contributed by atoms with Crippen LogP contribution in [-0.4, -0.2) is 37.0 Å². The van der Waals surface area contributed by atoms with Gasteiger partial charge < -0.3 is 9.64 Å². The van der Waals surface area contributed by atoms with Gasteiger partial charge in [-0.3, -0.25) is 9.69 Å². The lowest BCUT2D eigenvalue weighted by Crippen LogP contribution is -2.46. The van der Waals surface area contributed by atoms with Crippen molar-refractivity contribution in [2.24, 2.45) is 0 Å². The van der Waals surface area contributed by atoms with Gasteiger partial charge in [-0.25, -0.2) is 4.39 Å². The number of rotatable bonds is 5. The summed E-state index contributed by atoms with van der Waals surface area (Å²) in [7, 11) is 1.63. The molecule has 0 N–H and O–H groups in total. The van der Waals surface area contributed by atoms with Gasteiger partial charge in [0.15, 0.2) is 0 Å². The Morgan fingerprint density at radius 1 is 1.19 bits per heavy atom. The second kappa shape index (κ2) is 8.32. The summed E-state index contributed by atoms with van der Waals surface area (Å²) in [5.74, 6) is 0.598. The zero-order chi connectivity index (χ0) is 18.5. The summed E-state index contributed by atoms with van der Waals surface area (Å²) in [6.45, 7) is 4.25. The predicted molar refractivity (Wildman–Crippen MR) is 101 cm³/mol. The lowest BCUT2D eigenvalue weighted by Gasteiger charge is -2.38. The number of methoxy groups -OCH3 is 1. The number of nitrogens with zero attached hydrogens (tertiary/aromatic N) is 2. The molecule has 0 spiro atoms. The molecule has 0 bridgehead atoms. The van der Waals surface area contributed by atoms with Crippen LogP contribution < -0.4 is 9.64 Å². The molecule has 26 heavy (non-hydrogen) atoms. The molecular weight excluding hydrogens is 331 g/mol. The first-order valence-corrected chi connectivity index (χ1v) is 8.97. The zero-order valence-corrected chi connectivity index (χ0v) is 15.3. The number of hydrogen-bond donors (Lipinski definition) is 0. The maximum absolute atomic E-state index is 13.0. The number of benzene rings is 2. The van der Waals surface area contributed by atoms with Gasteiger partial charge in [-0.05, 0) is 42.7 Å². The van der Waals surface area contributed by atoms with E-state index in [1.54, 1.807) is 14.0 Å². The van der Waals surface area contributed by atoms with Crippen LogP contribution in [0.1, 0.15) is 25.3 Å². The summed E-state index contributed by atoms with van der Waals surface area (Å²) in [4.78, 5) is 16.5. The molecule has 0 aliphatic carbocycles. The van der Waals surface area contributed by atoms with Crippen LogP contribution in [0, 0.1) is 5.82 Å². The molecule has 1 heterocycles. The quantitative estimate of drug-likeness (QED) is 0.816. The third-order valence-corrected chi connectivity index (χ3v) is 4.91. The Balaban J connectivity index is 1.64. The maximum Gasteiger partial charge on any atom is 0.224 e. The van der Waals surface area contributed by atoms with Crippen LogP contribution in [-0.2, 0) is 11.3 Å². The molecule has 0 saturated carbocycles. The molecule has 1 aliphatic rings. The molecule has 0 atom stereocenters. The molecule has 0 unspecified atom stereocenters. The smallest absolute Gasteiger partial charge is 0.224 e. The number of likely N-dealkylation sites (tertiary alicyclic amines) is 1. The van der Waals surface area contributed by atoms with Crippen molar-refractivity contribution >= 4 is 11.6 Å². The molecule has 3 rings (SSSR count). The van der Waals surface area contributed by atoms with Gasteiger partial charge in [0.05, 0.1) is 7.11 Å².